The molecule has 1 heterocycles. The van der Waals surface area contributed by atoms with Crippen LogP contribution in [-0.2, 0) is 9.57 Å². The second-order valence-electron chi connectivity index (χ2n) is 5.04. The SMILES string of the molecule is C=CCON=C(CCC)C1=C(O)C=C(c2ccc(Cl)cc2)OC1. The number of hydrogen-bond donors (Lipinski definition) is 1. The van der Waals surface area contributed by atoms with Gasteiger partial charge in [-0.1, -0.05) is 42.8 Å². The standard InChI is InChI=1S/C18H20ClNO3/c1-3-5-16(20-23-10-4-2)15-12-22-18(11-17(15)21)13-6-8-14(19)9-7-13/h4,6-9,11,21H,2-3,5,10,12H2,1H3. The Hall–Kier alpha value is -2.20. The number of aliphatic hydroxyl groups is 1. The molecule has 0 saturated heterocycles. The topological polar surface area (TPSA) is 51.0 Å². The number of ether oxygens (including phenoxy) is 1. The Kier molecular flexibility index (Phi) is 6.29. The van der Waals surface area contributed by atoms with Crippen molar-refractivity contribution in [1.82, 2.24) is 0 Å². The summed E-state index contributed by atoms with van der Waals surface area (Å²) in [6.45, 7) is 6.20. The van der Waals surface area contributed by atoms with Gasteiger partial charge >= 0.3 is 0 Å². The Morgan fingerprint density at radius 2 is 2.17 bits per heavy atom. The lowest BCUT2D eigenvalue weighted by Gasteiger charge is -2.19. The van der Waals surface area contributed by atoms with Crippen LogP contribution in [0, 0.1) is 0 Å². The maximum atomic E-state index is 10.3. The maximum absolute atomic E-state index is 10.3. The summed E-state index contributed by atoms with van der Waals surface area (Å²) in [6, 6.07) is 7.26. The van der Waals surface area contributed by atoms with Gasteiger partial charge in [-0.25, -0.2) is 0 Å². The quantitative estimate of drug-likeness (QED) is 0.335. The molecule has 1 aliphatic heterocycles. The van der Waals surface area contributed by atoms with Crippen molar-refractivity contribution in [2.45, 2.75) is 19.8 Å². The monoisotopic (exact) mass is 333 g/mol. The van der Waals surface area contributed by atoms with E-state index < -0.39 is 0 Å². The van der Waals surface area contributed by atoms with Gasteiger partial charge in [0.1, 0.15) is 24.7 Å². The molecule has 0 spiro atoms. The Morgan fingerprint density at radius 1 is 1.43 bits per heavy atom. The van der Waals surface area contributed by atoms with E-state index in [9.17, 15) is 5.11 Å². The maximum Gasteiger partial charge on any atom is 0.135 e. The summed E-state index contributed by atoms with van der Waals surface area (Å²) in [6.07, 6.45) is 4.81. The highest BCUT2D eigenvalue weighted by molar-refractivity contribution is 6.30. The molecule has 0 fully saturated rings. The first-order valence-corrected chi connectivity index (χ1v) is 7.86. The van der Waals surface area contributed by atoms with Crippen molar-refractivity contribution in [2.75, 3.05) is 13.2 Å². The van der Waals surface area contributed by atoms with Crippen LogP contribution in [0.1, 0.15) is 25.3 Å². The third-order valence-corrected chi connectivity index (χ3v) is 3.53. The lowest BCUT2D eigenvalue weighted by molar-refractivity contribution is 0.173. The average Bonchev–Trinajstić information content (AvgIpc) is 2.55. The van der Waals surface area contributed by atoms with E-state index in [-0.39, 0.29) is 12.4 Å². The fourth-order valence-electron chi connectivity index (χ4n) is 2.15. The summed E-state index contributed by atoms with van der Waals surface area (Å²) in [5, 5.41) is 15.1. The van der Waals surface area contributed by atoms with Gasteiger partial charge in [0.25, 0.3) is 0 Å². The van der Waals surface area contributed by atoms with Crippen LogP contribution in [0.5, 0.6) is 0 Å². The van der Waals surface area contributed by atoms with Gasteiger partial charge in [-0.05, 0) is 30.7 Å². The molecule has 0 radical (unpaired) electrons. The van der Waals surface area contributed by atoms with Crippen LogP contribution in [0.15, 0.2) is 59.5 Å². The summed E-state index contributed by atoms with van der Waals surface area (Å²) in [5.41, 5.74) is 2.20. The third kappa shape index (κ3) is 4.63. The first kappa shape index (κ1) is 17.2. The van der Waals surface area contributed by atoms with Crippen LogP contribution in [0.3, 0.4) is 0 Å². The molecular formula is C18H20ClNO3. The Balaban J connectivity index is 2.25. The molecule has 0 amide bonds. The van der Waals surface area contributed by atoms with E-state index in [1.165, 1.54) is 0 Å². The van der Waals surface area contributed by atoms with E-state index in [0.717, 1.165) is 12.0 Å². The molecule has 1 aliphatic rings. The zero-order chi connectivity index (χ0) is 16.7. The molecule has 1 aromatic carbocycles. The molecule has 122 valence electrons. The largest absolute Gasteiger partial charge is 0.507 e. The number of halogens is 1. The van der Waals surface area contributed by atoms with Gasteiger partial charge in [-0.3, -0.25) is 0 Å². The summed E-state index contributed by atoms with van der Waals surface area (Å²) >= 11 is 5.88. The fraction of sp³-hybridized carbons (Fsp3) is 0.278. The molecule has 2 rings (SSSR count). The van der Waals surface area contributed by atoms with Crippen molar-refractivity contribution in [3.63, 3.8) is 0 Å². The van der Waals surface area contributed by atoms with Crippen molar-refractivity contribution in [3.8, 4) is 0 Å². The van der Waals surface area contributed by atoms with Gasteiger partial charge in [0.15, 0.2) is 0 Å². The van der Waals surface area contributed by atoms with Crippen LogP contribution in [0.4, 0.5) is 0 Å². The molecule has 4 nitrogen and oxygen atoms in total. The highest BCUT2D eigenvalue weighted by Gasteiger charge is 2.20. The molecule has 5 heteroatoms. The highest BCUT2D eigenvalue weighted by atomic mass is 35.5. The van der Waals surface area contributed by atoms with Crippen LogP contribution in [0.2, 0.25) is 5.02 Å². The fourth-order valence-corrected chi connectivity index (χ4v) is 2.27. The second-order valence-corrected chi connectivity index (χ2v) is 5.48. The van der Waals surface area contributed by atoms with Gasteiger partial charge in [0, 0.05) is 16.7 Å². The van der Waals surface area contributed by atoms with E-state index in [1.807, 2.05) is 19.1 Å². The number of oxime groups is 1. The first-order chi connectivity index (χ1) is 11.2. The lowest BCUT2D eigenvalue weighted by atomic mass is 10.0. The first-order valence-electron chi connectivity index (χ1n) is 7.48. The van der Waals surface area contributed by atoms with E-state index in [4.69, 9.17) is 21.2 Å². The van der Waals surface area contributed by atoms with Crippen molar-refractivity contribution >= 4 is 23.1 Å². The predicted octanol–water partition coefficient (Wildman–Crippen LogP) is 4.88. The zero-order valence-corrected chi connectivity index (χ0v) is 13.8. The molecule has 1 N–H and O–H groups in total. The van der Waals surface area contributed by atoms with Crippen LogP contribution < -0.4 is 0 Å². The van der Waals surface area contributed by atoms with Gasteiger partial charge in [0.05, 0.1) is 11.3 Å². The van der Waals surface area contributed by atoms with E-state index in [2.05, 4.69) is 11.7 Å². The predicted molar refractivity (Wildman–Crippen MR) is 93.5 cm³/mol. The summed E-state index contributed by atoms with van der Waals surface area (Å²) in [7, 11) is 0. The summed E-state index contributed by atoms with van der Waals surface area (Å²) in [5.74, 6) is 0.751. The molecule has 0 aliphatic carbocycles. The molecule has 0 aromatic heterocycles. The molecule has 0 bridgehead atoms. The van der Waals surface area contributed by atoms with Crippen molar-refractivity contribution < 1.29 is 14.7 Å². The third-order valence-electron chi connectivity index (χ3n) is 3.28. The normalized spacial score (nSPS) is 15.0. The zero-order valence-electron chi connectivity index (χ0n) is 13.1. The van der Waals surface area contributed by atoms with Gasteiger partial charge in [0.2, 0.25) is 0 Å². The second kappa shape index (κ2) is 8.44. The highest BCUT2D eigenvalue weighted by Crippen LogP contribution is 2.26. The van der Waals surface area contributed by atoms with Crippen molar-refractivity contribution in [1.29, 1.82) is 0 Å². The molecule has 0 saturated carbocycles. The van der Waals surface area contributed by atoms with Crippen LogP contribution in [-0.4, -0.2) is 24.0 Å². The Labute approximate surface area is 141 Å². The number of rotatable bonds is 7. The summed E-state index contributed by atoms with van der Waals surface area (Å²) < 4.78 is 5.76. The molecule has 1 aromatic rings. The van der Waals surface area contributed by atoms with E-state index in [1.54, 1.807) is 24.3 Å². The van der Waals surface area contributed by atoms with Gasteiger partial charge in [-0.15, -0.1) is 0 Å². The van der Waals surface area contributed by atoms with Crippen LogP contribution >= 0.6 is 11.6 Å². The Bertz CT molecular complexity index is 645. The minimum atomic E-state index is 0.149. The summed E-state index contributed by atoms with van der Waals surface area (Å²) in [4.78, 5) is 5.16. The number of nitrogens with zero attached hydrogens (tertiary/aromatic N) is 1. The number of allylic oxidation sites excluding steroid dienone is 1. The molecule has 0 unspecified atom stereocenters. The molecular weight excluding hydrogens is 314 g/mol. The Morgan fingerprint density at radius 3 is 2.78 bits per heavy atom. The minimum absolute atomic E-state index is 0.149. The number of benzene rings is 1. The van der Waals surface area contributed by atoms with Gasteiger partial charge in [-0.2, -0.15) is 0 Å². The van der Waals surface area contributed by atoms with Crippen molar-refractivity contribution in [3.05, 3.63) is 64.9 Å². The lowest BCUT2D eigenvalue weighted by Crippen LogP contribution is -2.16. The molecule has 0 atom stereocenters. The average molecular weight is 334 g/mol. The van der Waals surface area contributed by atoms with Crippen LogP contribution in [0.25, 0.3) is 5.76 Å². The van der Waals surface area contributed by atoms with Crippen molar-refractivity contribution in [2.24, 2.45) is 5.16 Å². The van der Waals surface area contributed by atoms with Gasteiger partial charge < -0.3 is 14.7 Å². The smallest absolute Gasteiger partial charge is 0.135 e. The van der Waals surface area contributed by atoms with E-state index in [0.29, 0.717) is 35.1 Å². The number of aliphatic hydroxyl groups excluding tert-OH is 1. The number of hydrogen-bond acceptors (Lipinski definition) is 4. The minimum Gasteiger partial charge on any atom is -0.507 e. The van der Waals surface area contributed by atoms with E-state index >= 15 is 0 Å². The molecule has 23 heavy (non-hydrogen) atoms.